The molecule has 0 bridgehead atoms. The molecule has 0 heterocycles. The minimum Gasteiger partial charge on any atom is -0.399 e. The molecule has 2 rings (SSSR count). The predicted octanol–water partition coefficient (Wildman–Crippen LogP) is 3.16. The van der Waals surface area contributed by atoms with Crippen molar-refractivity contribution < 1.29 is 4.79 Å². The van der Waals surface area contributed by atoms with Crippen LogP contribution >= 0.6 is 0 Å². The van der Waals surface area contributed by atoms with Crippen LogP contribution in [0, 0.1) is 13.8 Å². The Morgan fingerprint density at radius 3 is 2.21 bits per heavy atom. The normalized spacial score (nSPS) is 10.3. The third kappa shape index (κ3) is 2.76. The molecule has 0 spiro atoms. The van der Waals surface area contributed by atoms with Crippen molar-refractivity contribution in [1.29, 1.82) is 0 Å². The zero-order chi connectivity index (χ0) is 14.0. The van der Waals surface area contributed by atoms with Gasteiger partial charge in [-0.25, -0.2) is 0 Å². The van der Waals surface area contributed by atoms with E-state index in [9.17, 15) is 4.79 Å². The number of rotatable bonds is 2. The number of nitrogens with zero attached hydrogens (tertiary/aromatic N) is 1. The van der Waals surface area contributed by atoms with Crippen molar-refractivity contribution in [1.82, 2.24) is 0 Å². The number of nitrogens with two attached hydrogens (primary N) is 1. The molecule has 98 valence electrons. The van der Waals surface area contributed by atoms with Crippen LogP contribution in [0.2, 0.25) is 0 Å². The molecule has 1 amide bonds. The van der Waals surface area contributed by atoms with Crippen LogP contribution in [0.4, 0.5) is 11.4 Å². The van der Waals surface area contributed by atoms with E-state index in [0.717, 1.165) is 11.3 Å². The van der Waals surface area contributed by atoms with Gasteiger partial charge in [-0.15, -0.1) is 0 Å². The van der Waals surface area contributed by atoms with Gasteiger partial charge in [-0.3, -0.25) is 4.79 Å². The second-order valence-electron chi connectivity index (χ2n) is 4.75. The summed E-state index contributed by atoms with van der Waals surface area (Å²) in [5, 5.41) is 0. The number of anilines is 2. The van der Waals surface area contributed by atoms with Gasteiger partial charge in [-0.1, -0.05) is 6.07 Å². The summed E-state index contributed by atoms with van der Waals surface area (Å²) in [4.78, 5) is 14.0. The van der Waals surface area contributed by atoms with Crippen LogP contribution in [0.15, 0.2) is 42.5 Å². The summed E-state index contributed by atoms with van der Waals surface area (Å²) in [5.74, 6) is -0.0205. The van der Waals surface area contributed by atoms with Crippen molar-refractivity contribution in [3.05, 3.63) is 59.2 Å². The third-order valence-electron chi connectivity index (χ3n) is 3.34. The third-order valence-corrected chi connectivity index (χ3v) is 3.34. The molecule has 0 aromatic heterocycles. The minimum absolute atomic E-state index is 0.0205. The Labute approximate surface area is 113 Å². The van der Waals surface area contributed by atoms with Crippen molar-refractivity contribution in [2.75, 3.05) is 17.7 Å². The van der Waals surface area contributed by atoms with Crippen molar-refractivity contribution in [2.45, 2.75) is 13.8 Å². The molecule has 0 saturated carbocycles. The zero-order valence-electron chi connectivity index (χ0n) is 11.5. The summed E-state index contributed by atoms with van der Waals surface area (Å²) in [6, 6.07) is 13.0. The highest BCUT2D eigenvalue weighted by Crippen LogP contribution is 2.18. The molecule has 0 aliphatic carbocycles. The van der Waals surface area contributed by atoms with Crippen LogP contribution in [0.25, 0.3) is 0 Å². The lowest BCUT2D eigenvalue weighted by Crippen LogP contribution is -2.26. The van der Waals surface area contributed by atoms with E-state index < -0.39 is 0 Å². The van der Waals surface area contributed by atoms with Crippen LogP contribution in [-0.4, -0.2) is 13.0 Å². The standard InChI is InChI=1S/C16H18N2O/c1-11-4-5-13(10-12(11)2)16(19)18(3)15-8-6-14(17)7-9-15/h4-10H,17H2,1-3H3. The molecule has 3 nitrogen and oxygen atoms in total. The summed E-state index contributed by atoms with van der Waals surface area (Å²) in [6.45, 7) is 4.04. The Morgan fingerprint density at radius 1 is 1.00 bits per heavy atom. The predicted molar refractivity (Wildman–Crippen MR) is 79.5 cm³/mol. The molecule has 2 N–H and O–H groups in total. The minimum atomic E-state index is -0.0205. The van der Waals surface area contributed by atoms with E-state index in [4.69, 9.17) is 5.73 Å². The van der Waals surface area contributed by atoms with Gasteiger partial charge in [0.25, 0.3) is 5.91 Å². The van der Waals surface area contributed by atoms with E-state index >= 15 is 0 Å². The van der Waals surface area contributed by atoms with Crippen LogP contribution in [0.3, 0.4) is 0 Å². The highest BCUT2D eigenvalue weighted by molar-refractivity contribution is 6.05. The number of nitrogen functional groups attached to an aromatic ring is 1. The molecule has 0 saturated heterocycles. The number of hydrogen-bond acceptors (Lipinski definition) is 2. The van der Waals surface area contributed by atoms with Gasteiger partial charge in [0, 0.05) is 24.0 Å². The van der Waals surface area contributed by atoms with Gasteiger partial charge in [0.1, 0.15) is 0 Å². The summed E-state index contributed by atoms with van der Waals surface area (Å²) >= 11 is 0. The molecule has 2 aromatic rings. The maximum Gasteiger partial charge on any atom is 0.258 e. The average molecular weight is 254 g/mol. The van der Waals surface area contributed by atoms with Crippen LogP contribution in [0.1, 0.15) is 21.5 Å². The van der Waals surface area contributed by atoms with Crippen LogP contribution in [0.5, 0.6) is 0 Å². The van der Waals surface area contributed by atoms with E-state index in [1.165, 1.54) is 5.56 Å². The summed E-state index contributed by atoms with van der Waals surface area (Å²) < 4.78 is 0. The van der Waals surface area contributed by atoms with E-state index in [2.05, 4.69) is 0 Å². The fourth-order valence-electron chi connectivity index (χ4n) is 1.88. The molecular weight excluding hydrogens is 236 g/mol. The highest BCUT2D eigenvalue weighted by Gasteiger charge is 2.13. The Hall–Kier alpha value is -2.29. The fourth-order valence-corrected chi connectivity index (χ4v) is 1.88. The van der Waals surface area contributed by atoms with Gasteiger partial charge < -0.3 is 10.6 Å². The SMILES string of the molecule is Cc1ccc(C(=O)N(C)c2ccc(N)cc2)cc1C. The Bertz CT molecular complexity index is 603. The number of carbonyl (C=O) groups is 1. The van der Waals surface area contributed by atoms with Gasteiger partial charge in [0.15, 0.2) is 0 Å². The first-order chi connectivity index (χ1) is 8.99. The number of aryl methyl sites for hydroxylation is 2. The molecule has 0 unspecified atom stereocenters. The number of hydrogen-bond donors (Lipinski definition) is 1. The first kappa shape index (κ1) is 13.1. The van der Waals surface area contributed by atoms with E-state index in [1.807, 2.05) is 44.2 Å². The van der Waals surface area contributed by atoms with Gasteiger partial charge in [-0.05, 0) is 61.4 Å². The van der Waals surface area contributed by atoms with Crippen molar-refractivity contribution in [3.63, 3.8) is 0 Å². The van der Waals surface area contributed by atoms with E-state index in [1.54, 1.807) is 24.1 Å². The highest BCUT2D eigenvalue weighted by atomic mass is 16.2. The molecule has 19 heavy (non-hydrogen) atoms. The van der Waals surface area contributed by atoms with Crippen LogP contribution in [-0.2, 0) is 0 Å². The molecule has 2 aromatic carbocycles. The van der Waals surface area contributed by atoms with Crippen molar-refractivity contribution in [3.8, 4) is 0 Å². The number of amides is 1. The quantitative estimate of drug-likeness (QED) is 0.837. The molecule has 0 aliphatic heterocycles. The zero-order valence-corrected chi connectivity index (χ0v) is 11.5. The Morgan fingerprint density at radius 2 is 1.63 bits per heavy atom. The molecule has 0 fully saturated rings. The largest absolute Gasteiger partial charge is 0.399 e. The fraction of sp³-hybridized carbons (Fsp3) is 0.188. The first-order valence-electron chi connectivity index (χ1n) is 6.20. The summed E-state index contributed by atoms with van der Waals surface area (Å²) in [5.41, 5.74) is 10.2. The molecule has 3 heteroatoms. The maximum absolute atomic E-state index is 12.4. The molecule has 0 radical (unpaired) electrons. The van der Waals surface area contributed by atoms with Gasteiger partial charge in [0.05, 0.1) is 0 Å². The topological polar surface area (TPSA) is 46.3 Å². The maximum atomic E-state index is 12.4. The number of benzene rings is 2. The molecular formula is C16H18N2O. The molecule has 0 aliphatic rings. The second kappa shape index (κ2) is 5.14. The van der Waals surface area contributed by atoms with Crippen molar-refractivity contribution in [2.24, 2.45) is 0 Å². The lowest BCUT2D eigenvalue weighted by atomic mass is 10.1. The van der Waals surface area contributed by atoms with Gasteiger partial charge >= 0.3 is 0 Å². The van der Waals surface area contributed by atoms with Crippen molar-refractivity contribution >= 4 is 17.3 Å². The summed E-state index contributed by atoms with van der Waals surface area (Å²) in [6.07, 6.45) is 0. The Kier molecular flexibility index (Phi) is 3.56. The van der Waals surface area contributed by atoms with Crippen LogP contribution < -0.4 is 10.6 Å². The lowest BCUT2D eigenvalue weighted by Gasteiger charge is -2.18. The van der Waals surface area contributed by atoms with E-state index in [0.29, 0.717) is 11.3 Å². The molecule has 0 atom stereocenters. The number of carbonyl (C=O) groups excluding carboxylic acids is 1. The van der Waals surface area contributed by atoms with Gasteiger partial charge in [0.2, 0.25) is 0 Å². The Balaban J connectivity index is 2.28. The van der Waals surface area contributed by atoms with E-state index in [-0.39, 0.29) is 5.91 Å². The smallest absolute Gasteiger partial charge is 0.258 e. The average Bonchev–Trinajstić information content (AvgIpc) is 2.41. The van der Waals surface area contributed by atoms with Gasteiger partial charge in [-0.2, -0.15) is 0 Å². The monoisotopic (exact) mass is 254 g/mol. The first-order valence-corrected chi connectivity index (χ1v) is 6.20. The second-order valence-corrected chi connectivity index (χ2v) is 4.75. The summed E-state index contributed by atoms with van der Waals surface area (Å²) in [7, 11) is 1.77. The lowest BCUT2D eigenvalue weighted by molar-refractivity contribution is 0.0993.